The molecule has 0 saturated carbocycles. The van der Waals surface area contributed by atoms with Crippen molar-refractivity contribution in [2.45, 2.75) is 19.5 Å². The predicted octanol–water partition coefficient (Wildman–Crippen LogP) is 2.20. The number of aryl methyl sites for hydroxylation is 1. The average molecular weight is 359 g/mol. The van der Waals surface area contributed by atoms with E-state index in [-0.39, 0.29) is 0 Å². The molecule has 0 radical (unpaired) electrons. The van der Waals surface area contributed by atoms with Crippen LogP contribution in [0.25, 0.3) is 0 Å². The van der Waals surface area contributed by atoms with Crippen LogP contribution < -0.4 is 5.73 Å². The van der Waals surface area contributed by atoms with Gasteiger partial charge in [0, 0.05) is 44.3 Å². The number of nitriles is 1. The van der Waals surface area contributed by atoms with Gasteiger partial charge in [-0.05, 0) is 30.7 Å². The van der Waals surface area contributed by atoms with Crippen molar-refractivity contribution in [1.29, 1.82) is 5.26 Å². The van der Waals surface area contributed by atoms with E-state index in [4.69, 9.17) is 22.6 Å². The molecule has 2 heterocycles. The Morgan fingerprint density at radius 3 is 2.44 bits per heavy atom. The summed E-state index contributed by atoms with van der Waals surface area (Å²) < 4.78 is 1.84. The summed E-state index contributed by atoms with van der Waals surface area (Å²) in [7, 11) is 0. The molecule has 1 fully saturated rings. The molecule has 1 aliphatic heterocycles. The molecule has 0 spiro atoms. The van der Waals surface area contributed by atoms with Crippen LogP contribution in [0, 0.1) is 11.3 Å². The zero-order chi connectivity index (χ0) is 17.6. The summed E-state index contributed by atoms with van der Waals surface area (Å²) in [5.41, 5.74) is 7.45. The minimum atomic E-state index is 0.318. The van der Waals surface area contributed by atoms with Crippen molar-refractivity contribution in [2.75, 3.05) is 38.5 Å². The largest absolute Gasteiger partial charge is 0.381 e. The Hall–Kier alpha value is -2.07. The molecule has 2 N–H and O–H groups in total. The first kappa shape index (κ1) is 17.7. The fourth-order valence-electron chi connectivity index (χ4n) is 3.17. The number of halogens is 1. The second-order valence-corrected chi connectivity index (χ2v) is 6.82. The quantitative estimate of drug-likeness (QED) is 0.856. The van der Waals surface area contributed by atoms with E-state index in [2.05, 4.69) is 33.0 Å². The van der Waals surface area contributed by atoms with Crippen LogP contribution in [-0.2, 0) is 13.1 Å². The van der Waals surface area contributed by atoms with E-state index in [0.717, 1.165) is 57.3 Å². The third kappa shape index (κ3) is 4.73. The maximum absolute atomic E-state index is 9.09. The minimum absolute atomic E-state index is 0.318. The molecule has 1 aliphatic rings. The number of piperazine rings is 1. The van der Waals surface area contributed by atoms with Gasteiger partial charge in [-0.2, -0.15) is 5.26 Å². The normalized spacial score (nSPS) is 16.0. The fourth-order valence-corrected chi connectivity index (χ4v) is 3.30. The van der Waals surface area contributed by atoms with Gasteiger partial charge in [-0.3, -0.25) is 4.90 Å². The van der Waals surface area contributed by atoms with Crippen molar-refractivity contribution in [3.8, 4) is 6.07 Å². The lowest BCUT2D eigenvalue weighted by atomic mass is 10.2. The first-order valence-corrected chi connectivity index (χ1v) is 8.93. The van der Waals surface area contributed by atoms with Gasteiger partial charge in [0.05, 0.1) is 6.33 Å². The van der Waals surface area contributed by atoms with Crippen molar-refractivity contribution < 1.29 is 0 Å². The molecule has 1 aromatic carbocycles. The number of nitrogen functional groups attached to an aromatic ring is 1. The Labute approximate surface area is 153 Å². The average Bonchev–Trinajstić information content (AvgIpc) is 2.98. The van der Waals surface area contributed by atoms with E-state index in [9.17, 15) is 0 Å². The smallest absolute Gasteiger partial charge is 0.164 e. The van der Waals surface area contributed by atoms with Crippen molar-refractivity contribution in [1.82, 2.24) is 19.4 Å². The van der Waals surface area contributed by atoms with E-state index in [1.54, 1.807) is 6.33 Å². The molecule has 2 aromatic rings. The van der Waals surface area contributed by atoms with Gasteiger partial charge in [-0.15, -0.1) is 0 Å². The molecule has 7 heteroatoms. The summed E-state index contributed by atoms with van der Waals surface area (Å²) in [6.07, 6.45) is 2.64. The first-order valence-electron chi connectivity index (χ1n) is 8.55. The maximum atomic E-state index is 9.09. The summed E-state index contributed by atoms with van der Waals surface area (Å²) in [6.45, 7) is 7.07. The highest BCUT2D eigenvalue weighted by molar-refractivity contribution is 6.30. The van der Waals surface area contributed by atoms with Crippen LogP contribution in [0.3, 0.4) is 0 Å². The third-order valence-electron chi connectivity index (χ3n) is 4.63. The standard InChI is InChI=1S/C18H23ClN6/c19-16-4-2-15(3-5-16)13-24-10-8-23(9-11-24)6-1-7-25-14-22-18(21)17(25)12-20/h2-5,14H,1,6-11,13,21H2. The van der Waals surface area contributed by atoms with E-state index in [1.165, 1.54) is 5.56 Å². The minimum Gasteiger partial charge on any atom is -0.381 e. The number of anilines is 1. The molecule has 0 atom stereocenters. The molecule has 25 heavy (non-hydrogen) atoms. The highest BCUT2D eigenvalue weighted by atomic mass is 35.5. The van der Waals surface area contributed by atoms with Crippen LogP contribution >= 0.6 is 11.6 Å². The first-order chi connectivity index (χ1) is 12.2. The number of aromatic nitrogens is 2. The summed E-state index contributed by atoms with van der Waals surface area (Å²) in [5, 5.41) is 9.87. The lowest BCUT2D eigenvalue weighted by Crippen LogP contribution is -2.46. The summed E-state index contributed by atoms with van der Waals surface area (Å²) in [5.74, 6) is 0.318. The number of hydrogen-bond donors (Lipinski definition) is 1. The van der Waals surface area contributed by atoms with Crippen molar-refractivity contribution >= 4 is 17.4 Å². The number of nitrogens with two attached hydrogens (primary N) is 1. The number of nitrogens with zero attached hydrogens (tertiary/aromatic N) is 5. The molecule has 0 amide bonds. The van der Waals surface area contributed by atoms with Crippen LogP contribution in [0.2, 0.25) is 5.02 Å². The van der Waals surface area contributed by atoms with Crippen LogP contribution in [0.1, 0.15) is 17.7 Å². The zero-order valence-corrected chi connectivity index (χ0v) is 15.0. The molecule has 132 valence electrons. The Morgan fingerprint density at radius 1 is 1.08 bits per heavy atom. The molecule has 0 bridgehead atoms. The van der Waals surface area contributed by atoms with Gasteiger partial charge < -0.3 is 15.2 Å². The monoisotopic (exact) mass is 358 g/mol. The summed E-state index contributed by atoms with van der Waals surface area (Å²) in [4.78, 5) is 8.95. The van der Waals surface area contributed by atoms with Crippen LogP contribution in [-0.4, -0.2) is 52.1 Å². The molecule has 6 nitrogen and oxygen atoms in total. The molecule has 1 aromatic heterocycles. The van der Waals surface area contributed by atoms with Gasteiger partial charge in [-0.1, -0.05) is 23.7 Å². The topological polar surface area (TPSA) is 74.1 Å². The van der Waals surface area contributed by atoms with Crippen LogP contribution in [0.15, 0.2) is 30.6 Å². The lowest BCUT2D eigenvalue weighted by Gasteiger charge is -2.34. The van der Waals surface area contributed by atoms with Crippen LogP contribution in [0.4, 0.5) is 5.82 Å². The second-order valence-electron chi connectivity index (χ2n) is 6.38. The lowest BCUT2D eigenvalue weighted by molar-refractivity contribution is 0.125. The van der Waals surface area contributed by atoms with E-state index >= 15 is 0 Å². The number of benzene rings is 1. The molecule has 0 unspecified atom stereocenters. The van der Waals surface area contributed by atoms with Gasteiger partial charge in [0.15, 0.2) is 11.5 Å². The fraction of sp³-hybridized carbons (Fsp3) is 0.444. The van der Waals surface area contributed by atoms with Crippen molar-refractivity contribution in [3.05, 3.63) is 46.9 Å². The summed E-state index contributed by atoms with van der Waals surface area (Å²) in [6, 6.07) is 10.2. The molecule has 1 saturated heterocycles. The third-order valence-corrected chi connectivity index (χ3v) is 4.88. The zero-order valence-electron chi connectivity index (χ0n) is 14.2. The maximum Gasteiger partial charge on any atom is 0.164 e. The molecule has 3 rings (SSSR count). The highest BCUT2D eigenvalue weighted by Crippen LogP contribution is 2.13. The van der Waals surface area contributed by atoms with Gasteiger partial charge in [-0.25, -0.2) is 4.98 Å². The molecular formula is C18H23ClN6. The van der Waals surface area contributed by atoms with E-state index in [0.29, 0.717) is 11.5 Å². The molecule has 0 aliphatic carbocycles. The number of rotatable bonds is 6. The van der Waals surface area contributed by atoms with E-state index < -0.39 is 0 Å². The van der Waals surface area contributed by atoms with Gasteiger partial charge in [0.25, 0.3) is 0 Å². The van der Waals surface area contributed by atoms with E-state index in [1.807, 2.05) is 16.7 Å². The number of hydrogen-bond acceptors (Lipinski definition) is 5. The SMILES string of the molecule is N#Cc1c(N)ncn1CCCN1CCN(Cc2ccc(Cl)cc2)CC1. The highest BCUT2D eigenvalue weighted by Gasteiger charge is 2.17. The van der Waals surface area contributed by atoms with Crippen LogP contribution in [0.5, 0.6) is 0 Å². The Balaban J connectivity index is 1.39. The van der Waals surface area contributed by atoms with Gasteiger partial charge in [0.1, 0.15) is 6.07 Å². The van der Waals surface area contributed by atoms with Gasteiger partial charge >= 0.3 is 0 Å². The Kier molecular flexibility index (Phi) is 5.92. The Morgan fingerprint density at radius 2 is 1.76 bits per heavy atom. The van der Waals surface area contributed by atoms with Crippen molar-refractivity contribution in [2.24, 2.45) is 0 Å². The summed E-state index contributed by atoms with van der Waals surface area (Å²) >= 11 is 5.94. The van der Waals surface area contributed by atoms with Gasteiger partial charge in [0.2, 0.25) is 0 Å². The predicted molar refractivity (Wildman–Crippen MR) is 99.1 cm³/mol. The van der Waals surface area contributed by atoms with Crippen molar-refractivity contribution in [3.63, 3.8) is 0 Å². The second kappa shape index (κ2) is 8.34. The Bertz CT molecular complexity index is 725. The number of imidazole rings is 1. The molecular weight excluding hydrogens is 336 g/mol.